The second-order valence-corrected chi connectivity index (χ2v) is 20.4. The van der Waals surface area contributed by atoms with Gasteiger partial charge in [0.2, 0.25) is 0 Å². The van der Waals surface area contributed by atoms with E-state index < -0.39 is 0 Å². The molecule has 5 nitrogen and oxygen atoms in total. The van der Waals surface area contributed by atoms with Gasteiger partial charge in [-0.1, -0.05) is 231 Å². The molecule has 0 N–H and O–H groups in total. The summed E-state index contributed by atoms with van der Waals surface area (Å²) in [5, 5.41) is 4.81. The lowest BCUT2D eigenvalue weighted by molar-refractivity contribution is 1.07. The van der Waals surface area contributed by atoms with Crippen molar-refractivity contribution in [3.8, 4) is 101 Å². The van der Waals surface area contributed by atoms with E-state index in [1.807, 2.05) is 6.07 Å². The third-order valence-electron chi connectivity index (χ3n) is 15.5. The van der Waals surface area contributed by atoms with Gasteiger partial charge in [-0.15, -0.1) is 0 Å². The first-order valence-corrected chi connectivity index (χ1v) is 27.2. The van der Waals surface area contributed by atoms with Crippen LogP contribution < -0.4 is 0 Å². The van der Waals surface area contributed by atoms with E-state index in [-0.39, 0.29) is 0 Å². The molecule has 15 rings (SSSR count). The topological polar surface area (TPSA) is 48.5 Å². The van der Waals surface area contributed by atoms with Gasteiger partial charge in [0.1, 0.15) is 0 Å². The summed E-state index contributed by atoms with van der Waals surface area (Å²) in [7, 11) is 0. The fraction of sp³-hybridized carbons (Fsp3) is 0. The van der Waals surface area contributed by atoms with Crippen LogP contribution in [-0.4, -0.2) is 24.1 Å². The van der Waals surface area contributed by atoms with E-state index in [1.165, 1.54) is 32.6 Å². The molecular weight excluding hydrogens is 971 g/mol. The zero-order valence-corrected chi connectivity index (χ0v) is 43.5. The first-order chi connectivity index (χ1) is 39.7. The average Bonchev–Trinajstić information content (AvgIpc) is 4.18. The van der Waals surface area contributed by atoms with Gasteiger partial charge in [0, 0.05) is 55.0 Å². The summed E-state index contributed by atoms with van der Waals surface area (Å²) in [5.74, 6) is 1.74. The molecule has 80 heavy (non-hydrogen) atoms. The van der Waals surface area contributed by atoms with Gasteiger partial charge in [-0.3, -0.25) is 0 Å². The van der Waals surface area contributed by atoms with Gasteiger partial charge in [0.15, 0.2) is 17.5 Å². The molecule has 374 valence electrons. The molecule has 3 heterocycles. The molecule has 0 fully saturated rings. The van der Waals surface area contributed by atoms with Crippen molar-refractivity contribution in [3.05, 3.63) is 297 Å². The predicted molar refractivity (Wildman–Crippen MR) is 332 cm³/mol. The number of fused-ring (bicyclic) bond motifs is 6. The monoisotopic (exact) mass is 1020 g/mol. The van der Waals surface area contributed by atoms with Crippen LogP contribution in [0.2, 0.25) is 0 Å². The van der Waals surface area contributed by atoms with Crippen molar-refractivity contribution in [2.24, 2.45) is 0 Å². The Hall–Kier alpha value is -10.8. The lowest BCUT2D eigenvalue weighted by Crippen LogP contribution is -2.04. The Bertz CT molecular complexity index is 4610. The molecule has 5 heteroatoms. The number of nitrogens with zero attached hydrogens (tertiary/aromatic N) is 5. The molecule has 0 aliphatic rings. The molecule has 12 aromatic carbocycles. The highest BCUT2D eigenvalue weighted by Gasteiger charge is 2.24. The van der Waals surface area contributed by atoms with E-state index in [0.29, 0.717) is 17.5 Å². The molecule has 0 saturated heterocycles. The molecule has 0 aliphatic heterocycles. The Balaban J connectivity index is 0.987. The summed E-state index contributed by atoms with van der Waals surface area (Å²) in [6.07, 6.45) is 0. The molecule has 0 radical (unpaired) electrons. The second kappa shape index (κ2) is 19.7. The number of hydrogen-bond acceptors (Lipinski definition) is 3. The lowest BCUT2D eigenvalue weighted by atomic mass is 9.92. The SMILES string of the molecule is c1ccc(-c2ccc(-c3nc(-c4cc(-c5ccccc5)cc(-c5ccccc5)c4)nc(-c4cc(-c5ccccc5)c(-n5c6ccccc6c6cc(-n7c8ccccc8c8ccccc87)ccc65)c(-c5ccccc5)c4)n3)cc2)cc1. The van der Waals surface area contributed by atoms with Crippen molar-refractivity contribution in [2.75, 3.05) is 0 Å². The highest BCUT2D eigenvalue weighted by molar-refractivity contribution is 6.13. The van der Waals surface area contributed by atoms with E-state index in [1.54, 1.807) is 0 Å². The normalized spacial score (nSPS) is 11.5. The maximum absolute atomic E-state index is 5.54. The van der Waals surface area contributed by atoms with E-state index in [9.17, 15) is 0 Å². The molecule has 0 spiro atoms. The zero-order valence-electron chi connectivity index (χ0n) is 43.5. The standard InChI is InChI=1S/C75H49N5/c1-6-22-50(23-7-1)53-38-40-56(41-39-53)73-76-74(59-45-57(51-24-8-2-9-25-51)44-58(46-59)52-26-10-3-11-27-52)78-75(77-73)60-47-65(54-28-12-4-13-29-54)72(66(48-60)55-30-14-5-15-31-55)80-70-37-21-18-34-64(70)67-49-61(42-43-71(67)80)79-68-35-19-16-32-62(68)63-33-17-20-36-69(63)79/h1-49H. The minimum atomic E-state index is 0.572. The lowest BCUT2D eigenvalue weighted by Gasteiger charge is -2.21. The molecule has 0 unspecified atom stereocenters. The van der Waals surface area contributed by atoms with Crippen molar-refractivity contribution in [2.45, 2.75) is 0 Å². The number of aromatic nitrogens is 5. The largest absolute Gasteiger partial charge is 0.309 e. The van der Waals surface area contributed by atoms with Crippen LogP contribution in [0.25, 0.3) is 145 Å². The van der Waals surface area contributed by atoms with Crippen LogP contribution in [0.3, 0.4) is 0 Å². The van der Waals surface area contributed by atoms with E-state index >= 15 is 0 Å². The van der Waals surface area contributed by atoms with Crippen LogP contribution >= 0.6 is 0 Å². The molecule has 0 saturated carbocycles. The summed E-state index contributed by atoms with van der Waals surface area (Å²) in [6, 6.07) is 106. The smallest absolute Gasteiger partial charge is 0.164 e. The number of rotatable bonds is 10. The van der Waals surface area contributed by atoms with Crippen LogP contribution in [0.5, 0.6) is 0 Å². The Kier molecular flexibility index (Phi) is 11.4. The fourth-order valence-corrected chi connectivity index (χ4v) is 11.8. The summed E-state index contributed by atoms with van der Waals surface area (Å²) in [5.41, 5.74) is 20.3. The van der Waals surface area contributed by atoms with E-state index in [2.05, 4.69) is 300 Å². The zero-order chi connectivity index (χ0) is 52.9. The maximum Gasteiger partial charge on any atom is 0.164 e. The van der Waals surface area contributed by atoms with Crippen LogP contribution in [0, 0.1) is 0 Å². The van der Waals surface area contributed by atoms with Gasteiger partial charge in [-0.05, 0) is 111 Å². The Morgan fingerprint density at radius 3 is 1.00 bits per heavy atom. The Morgan fingerprint density at radius 1 is 0.200 bits per heavy atom. The van der Waals surface area contributed by atoms with Gasteiger partial charge < -0.3 is 9.13 Å². The number of para-hydroxylation sites is 3. The van der Waals surface area contributed by atoms with Gasteiger partial charge in [-0.25, -0.2) is 15.0 Å². The van der Waals surface area contributed by atoms with Crippen LogP contribution in [0.4, 0.5) is 0 Å². The van der Waals surface area contributed by atoms with Crippen LogP contribution in [0.15, 0.2) is 297 Å². The summed E-state index contributed by atoms with van der Waals surface area (Å²) in [6.45, 7) is 0. The van der Waals surface area contributed by atoms with E-state index in [4.69, 9.17) is 15.0 Å². The first-order valence-electron chi connectivity index (χ1n) is 27.2. The first kappa shape index (κ1) is 46.5. The highest BCUT2D eigenvalue weighted by atomic mass is 15.0. The van der Waals surface area contributed by atoms with Gasteiger partial charge in [0.25, 0.3) is 0 Å². The van der Waals surface area contributed by atoms with Crippen molar-refractivity contribution in [1.29, 1.82) is 0 Å². The predicted octanol–water partition coefficient (Wildman–Crippen LogP) is 19.4. The maximum atomic E-state index is 5.54. The molecule has 0 amide bonds. The van der Waals surface area contributed by atoms with Crippen LogP contribution in [-0.2, 0) is 0 Å². The Morgan fingerprint density at radius 2 is 0.525 bits per heavy atom. The van der Waals surface area contributed by atoms with Gasteiger partial charge >= 0.3 is 0 Å². The van der Waals surface area contributed by atoms with Crippen molar-refractivity contribution in [1.82, 2.24) is 24.1 Å². The quantitative estimate of drug-likeness (QED) is 0.137. The van der Waals surface area contributed by atoms with Gasteiger partial charge in [-0.2, -0.15) is 0 Å². The molecular formula is C75H49N5. The van der Waals surface area contributed by atoms with E-state index in [0.717, 1.165) is 94.7 Å². The molecule has 3 aromatic heterocycles. The summed E-state index contributed by atoms with van der Waals surface area (Å²) in [4.78, 5) is 16.4. The third kappa shape index (κ3) is 8.24. The molecule has 0 bridgehead atoms. The van der Waals surface area contributed by atoms with Crippen molar-refractivity contribution in [3.63, 3.8) is 0 Å². The van der Waals surface area contributed by atoms with Crippen molar-refractivity contribution < 1.29 is 0 Å². The molecule has 0 aliphatic carbocycles. The summed E-state index contributed by atoms with van der Waals surface area (Å²) >= 11 is 0. The minimum absolute atomic E-state index is 0.572. The average molecular weight is 1020 g/mol. The molecule has 0 atom stereocenters. The second-order valence-electron chi connectivity index (χ2n) is 20.4. The van der Waals surface area contributed by atoms with Gasteiger partial charge in [0.05, 0.1) is 27.8 Å². The molecule has 15 aromatic rings. The number of hydrogen-bond donors (Lipinski definition) is 0. The fourth-order valence-electron chi connectivity index (χ4n) is 11.8. The van der Waals surface area contributed by atoms with Crippen LogP contribution in [0.1, 0.15) is 0 Å². The Labute approximate surface area is 463 Å². The highest BCUT2D eigenvalue weighted by Crippen LogP contribution is 2.45. The minimum Gasteiger partial charge on any atom is -0.309 e. The third-order valence-corrected chi connectivity index (χ3v) is 15.5. The number of benzene rings is 12. The summed E-state index contributed by atoms with van der Waals surface area (Å²) < 4.78 is 4.89. The van der Waals surface area contributed by atoms with Crippen molar-refractivity contribution >= 4 is 43.6 Å².